The fourth-order valence-corrected chi connectivity index (χ4v) is 4.52. The van der Waals surface area contributed by atoms with Crippen LogP contribution in [0.1, 0.15) is 30.3 Å². The lowest BCUT2D eigenvalue weighted by molar-refractivity contribution is -0.176. The third-order valence-corrected chi connectivity index (χ3v) is 6.48. The van der Waals surface area contributed by atoms with E-state index in [9.17, 15) is 39.9 Å². The molecule has 1 aliphatic carbocycles. The van der Waals surface area contributed by atoms with Gasteiger partial charge in [0.05, 0.1) is 11.5 Å². The van der Waals surface area contributed by atoms with Crippen molar-refractivity contribution >= 4 is 21.2 Å². The number of fused-ring (bicyclic) bond motifs is 1. The minimum absolute atomic E-state index is 0.219. The first kappa shape index (κ1) is 19.3. The third kappa shape index (κ3) is 3.10. The lowest BCUT2D eigenvalue weighted by Crippen LogP contribution is -2.26. The van der Waals surface area contributed by atoms with Crippen LogP contribution in [0.3, 0.4) is 0 Å². The first-order chi connectivity index (χ1) is 10.7. The molecule has 0 saturated carbocycles. The van der Waals surface area contributed by atoms with Gasteiger partial charge in [0.15, 0.2) is 21.1 Å². The number of hydrogen-bond acceptors (Lipinski definition) is 5. The molecule has 3 atom stereocenters. The monoisotopic (exact) mass is 398 g/mol. The van der Waals surface area contributed by atoms with Crippen LogP contribution in [-0.2, 0) is 9.84 Å². The highest BCUT2D eigenvalue weighted by atomic mass is 32.2. The van der Waals surface area contributed by atoms with Gasteiger partial charge in [-0.3, -0.25) is 0 Å². The molecule has 0 saturated heterocycles. The fourth-order valence-electron chi connectivity index (χ4n) is 2.11. The Balaban J connectivity index is 2.48. The molecule has 0 amide bonds. The fraction of sp³-hybridized carbons (Fsp3) is 0.667. The number of thiophene rings is 1. The van der Waals surface area contributed by atoms with Crippen LogP contribution >= 0.6 is 11.3 Å². The Hall–Kier alpha value is -1.01. The topological polar surface area (TPSA) is 63.6 Å². The summed E-state index contributed by atoms with van der Waals surface area (Å²) in [4.78, 5) is 0. The van der Waals surface area contributed by atoms with Gasteiger partial charge in [0, 0.05) is 11.8 Å². The highest BCUT2D eigenvalue weighted by Gasteiger charge is 2.60. The number of aliphatic hydroxyl groups is 1. The average molecular weight is 398 g/mol. The molecule has 0 aliphatic heterocycles. The summed E-state index contributed by atoms with van der Waals surface area (Å²) in [7, 11) is -4.12. The van der Waals surface area contributed by atoms with Crippen molar-refractivity contribution in [2.24, 2.45) is 5.92 Å². The normalized spacial score (nSPS) is 24.7. The first-order valence-corrected chi connectivity index (χ1v) is 9.15. The molecule has 24 heavy (non-hydrogen) atoms. The molecule has 1 aromatic rings. The second-order valence-electron chi connectivity index (χ2n) is 5.47. The van der Waals surface area contributed by atoms with Crippen molar-refractivity contribution in [1.29, 1.82) is 0 Å². The van der Waals surface area contributed by atoms with E-state index in [1.807, 2.05) is 0 Å². The summed E-state index contributed by atoms with van der Waals surface area (Å²) >= 11 is 0.219. The van der Waals surface area contributed by atoms with Crippen LogP contribution < -0.4 is 4.74 Å². The molecule has 0 aromatic carbocycles. The van der Waals surface area contributed by atoms with Gasteiger partial charge in [-0.15, -0.1) is 0 Å². The molecule has 1 N–H and O–H groups in total. The Morgan fingerprint density at radius 2 is 1.88 bits per heavy atom. The average Bonchev–Trinajstić information content (AvgIpc) is 2.87. The molecule has 4 nitrogen and oxygen atoms in total. The van der Waals surface area contributed by atoms with Crippen LogP contribution in [0.5, 0.6) is 5.06 Å². The number of alkyl halides is 6. The van der Waals surface area contributed by atoms with Gasteiger partial charge >= 0.3 is 12.1 Å². The lowest BCUT2D eigenvalue weighted by Gasteiger charge is -2.18. The Labute approximate surface area is 137 Å². The van der Waals surface area contributed by atoms with Crippen LogP contribution in [0.15, 0.2) is 4.21 Å². The maximum atomic E-state index is 14.0. The van der Waals surface area contributed by atoms with Crippen LogP contribution in [0.2, 0.25) is 0 Å². The Morgan fingerprint density at radius 3 is 2.33 bits per heavy atom. The van der Waals surface area contributed by atoms with Crippen LogP contribution in [0, 0.1) is 5.92 Å². The molecular formula is C12H12F6O4S2. The number of halogens is 6. The first-order valence-electron chi connectivity index (χ1n) is 6.45. The molecule has 1 heterocycles. The summed E-state index contributed by atoms with van der Waals surface area (Å²) in [5, 5.41) is 8.86. The van der Waals surface area contributed by atoms with Gasteiger partial charge in [-0.2, -0.15) is 22.0 Å². The lowest BCUT2D eigenvalue weighted by atomic mass is 10.2. The quantitative estimate of drug-likeness (QED) is 0.790. The second kappa shape index (κ2) is 5.77. The molecule has 12 heteroatoms. The zero-order valence-electron chi connectivity index (χ0n) is 12.2. The van der Waals surface area contributed by atoms with E-state index in [0.717, 1.165) is 6.92 Å². The van der Waals surface area contributed by atoms with E-state index in [0.29, 0.717) is 6.26 Å². The van der Waals surface area contributed by atoms with E-state index in [4.69, 9.17) is 4.74 Å². The van der Waals surface area contributed by atoms with Crippen molar-refractivity contribution in [1.82, 2.24) is 0 Å². The smallest absolute Gasteiger partial charge is 0.394 e. The van der Waals surface area contributed by atoms with Crippen LogP contribution in [-0.4, -0.2) is 38.5 Å². The summed E-state index contributed by atoms with van der Waals surface area (Å²) < 4.78 is 106. The maximum absolute atomic E-state index is 14.0. The predicted molar refractivity (Wildman–Crippen MR) is 71.9 cm³/mol. The standard InChI is InChI=1S/C12H12F6O4S2/c1-4(12(16,17)18)3-22-9-5-6(10(23-9)24(2,20)21)8(19)11(14,15)7(5)13/h4,7-8,19H,3H2,1-2H3/t4-,7-,8+/m1/s1. The SMILES string of the molecule is C[C@H](COc1sc(S(C)(=O)=O)c2c1[C@@H](F)C(F)(F)[C@H]2O)C(F)(F)F. The predicted octanol–water partition coefficient (Wildman–Crippen LogP) is 3.42. The number of hydrogen-bond donors (Lipinski definition) is 1. The zero-order valence-corrected chi connectivity index (χ0v) is 13.8. The van der Waals surface area contributed by atoms with E-state index in [1.54, 1.807) is 0 Å². The van der Waals surface area contributed by atoms with Crippen molar-refractivity contribution in [2.75, 3.05) is 12.9 Å². The van der Waals surface area contributed by atoms with E-state index in [1.165, 1.54) is 0 Å². The number of rotatable bonds is 4. The van der Waals surface area contributed by atoms with E-state index < -0.39 is 67.1 Å². The van der Waals surface area contributed by atoms with Crippen molar-refractivity contribution in [2.45, 2.75) is 35.5 Å². The van der Waals surface area contributed by atoms with Crippen molar-refractivity contribution in [3.8, 4) is 5.06 Å². The highest BCUT2D eigenvalue weighted by Crippen LogP contribution is 2.60. The zero-order chi connectivity index (χ0) is 18.7. The molecule has 0 bridgehead atoms. The van der Waals surface area contributed by atoms with Crippen molar-refractivity contribution < 1.29 is 44.6 Å². The van der Waals surface area contributed by atoms with Gasteiger partial charge in [0.2, 0.25) is 0 Å². The summed E-state index contributed by atoms with van der Waals surface area (Å²) in [6, 6.07) is 0. The molecule has 1 aliphatic rings. The minimum Gasteiger partial charge on any atom is -0.483 e. The molecule has 1 aromatic heterocycles. The van der Waals surface area contributed by atoms with Gasteiger partial charge < -0.3 is 9.84 Å². The van der Waals surface area contributed by atoms with Gasteiger partial charge in [-0.25, -0.2) is 12.8 Å². The molecule has 0 spiro atoms. The number of aliphatic hydroxyl groups excluding tert-OH is 1. The van der Waals surface area contributed by atoms with Gasteiger partial charge in [0.25, 0.3) is 0 Å². The highest BCUT2D eigenvalue weighted by molar-refractivity contribution is 7.92. The summed E-state index contributed by atoms with van der Waals surface area (Å²) in [6.45, 7) is -0.240. The summed E-state index contributed by atoms with van der Waals surface area (Å²) in [5.41, 5.74) is -1.76. The second-order valence-corrected chi connectivity index (χ2v) is 8.66. The minimum atomic E-state index is -4.63. The van der Waals surface area contributed by atoms with Crippen molar-refractivity contribution in [3.63, 3.8) is 0 Å². The molecule has 0 unspecified atom stereocenters. The van der Waals surface area contributed by atoms with E-state index >= 15 is 0 Å². The Kier molecular flexibility index (Phi) is 4.64. The molecule has 2 rings (SSSR count). The van der Waals surface area contributed by atoms with Gasteiger partial charge in [0.1, 0.15) is 16.9 Å². The molecular weight excluding hydrogens is 386 g/mol. The van der Waals surface area contributed by atoms with Gasteiger partial charge in [-0.1, -0.05) is 18.3 Å². The maximum Gasteiger partial charge on any atom is 0.394 e. The summed E-state index contributed by atoms with van der Waals surface area (Å²) in [5.74, 6) is -6.28. The number of ether oxygens (including phenoxy) is 1. The Morgan fingerprint density at radius 1 is 1.33 bits per heavy atom. The molecule has 0 fully saturated rings. The van der Waals surface area contributed by atoms with Crippen LogP contribution in [0.4, 0.5) is 26.3 Å². The third-order valence-electron chi connectivity index (χ3n) is 3.50. The van der Waals surface area contributed by atoms with E-state index in [-0.39, 0.29) is 11.3 Å². The molecule has 0 radical (unpaired) electrons. The van der Waals surface area contributed by atoms with Crippen molar-refractivity contribution in [3.05, 3.63) is 11.1 Å². The Bertz CT molecular complexity index is 739. The summed E-state index contributed by atoms with van der Waals surface area (Å²) in [6.07, 6.45) is -9.78. The number of sulfone groups is 1. The molecule has 138 valence electrons. The van der Waals surface area contributed by atoms with Gasteiger partial charge in [-0.05, 0) is 0 Å². The van der Waals surface area contributed by atoms with E-state index in [2.05, 4.69) is 0 Å². The van der Waals surface area contributed by atoms with Crippen LogP contribution in [0.25, 0.3) is 0 Å². The largest absolute Gasteiger partial charge is 0.483 e.